The van der Waals surface area contributed by atoms with Crippen LogP contribution in [0.3, 0.4) is 0 Å². The summed E-state index contributed by atoms with van der Waals surface area (Å²) < 4.78 is 34.4. The van der Waals surface area contributed by atoms with Gasteiger partial charge in [0.1, 0.15) is 0 Å². The number of hydrogen-bond donors (Lipinski definition) is 0. The molecule has 0 unspecified atom stereocenters. The molecule has 1 aromatic rings. The van der Waals surface area contributed by atoms with Crippen LogP contribution in [-0.2, 0) is 21.2 Å². The molecule has 0 N–H and O–H groups in total. The summed E-state index contributed by atoms with van der Waals surface area (Å²) in [4.78, 5) is 2.61. The molecule has 3 saturated heterocycles. The molecule has 3 aliphatic heterocycles. The normalized spacial score (nSPS) is 33.9. The van der Waals surface area contributed by atoms with Crippen LogP contribution in [0.5, 0.6) is 0 Å². The minimum atomic E-state index is -3.45. The third-order valence-electron chi connectivity index (χ3n) is 6.43. The minimum Gasteiger partial charge on any atom is -0.370 e. The molecule has 4 rings (SSSR count). The first-order valence-corrected chi connectivity index (χ1v) is 11.2. The van der Waals surface area contributed by atoms with Gasteiger partial charge in [-0.1, -0.05) is 25.5 Å². The molecular formula is C20H30N2O3S. The zero-order chi connectivity index (χ0) is 18.5. The van der Waals surface area contributed by atoms with Crippen LogP contribution in [0.1, 0.15) is 31.7 Å². The lowest BCUT2D eigenvalue weighted by Crippen LogP contribution is -2.40. The Balaban J connectivity index is 1.56. The van der Waals surface area contributed by atoms with Gasteiger partial charge in [-0.2, -0.15) is 4.31 Å². The summed E-state index contributed by atoms with van der Waals surface area (Å²) >= 11 is 0. The summed E-state index contributed by atoms with van der Waals surface area (Å²) in [5.41, 5.74) is 0.942. The van der Waals surface area contributed by atoms with Crippen molar-refractivity contribution < 1.29 is 13.2 Å². The molecule has 5 nitrogen and oxygen atoms in total. The van der Waals surface area contributed by atoms with Gasteiger partial charge in [-0.15, -0.1) is 0 Å². The van der Waals surface area contributed by atoms with Crippen LogP contribution in [0, 0.1) is 11.8 Å². The molecule has 26 heavy (non-hydrogen) atoms. The number of aryl methyl sites for hydroxylation is 1. The zero-order valence-electron chi connectivity index (χ0n) is 16.0. The van der Waals surface area contributed by atoms with Crippen LogP contribution >= 0.6 is 0 Å². The van der Waals surface area contributed by atoms with Crippen LogP contribution in [0.25, 0.3) is 0 Å². The number of nitrogens with zero attached hydrogens (tertiary/aromatic N) is 2. The molecule has 6 heteroatoms. The maximum absolute atomic E-state index is 13.2. The number of benzene rings is 1. The van der Waals surface area contributed by atoms with E-state index in [1.165, 1.54) is 5.56 Å². The fourth-order valence-electron chi connectivity index (χ4n) is 5.26. The molecule has 144 valence electrons. The maximum Gasteiger partial charge on any atom is 0.243 e. The smallest absolute Gasteiger partial charge is 0.243 e. The Bertz CT molecular complexity index is 762. The lowest BCUT2D eigenvalue weighted by molar-refractivity contribution is 0.00739. The van der Waals surface area contributed by atoms with Gasteiger partial charge in [0.2, 0.25) is 10.0 Å². The topological polar surface area (TPSA) is 49.9 Å². The first-order valence-electron chi connectivity index (χ1n) is 9.77. The van der Waals surface area contributed by atoms with Crippen molar-refractivity contribution in [1.82, 2.24) is 9.21 Å². The third-order valence-corrected chi connectivity index (χ3v) is 8.25. The number of fused-ring (bicyclic) bond motifs is 1. The summed E-state index contributed by atoms with van der Waals surface area (Å²) in [6, 6.07) is 7.43. The van der Waals surface area contributed by atoms with E-state index in [-0.39, 0.29) is 5.60 Å². The zero-order valence-corrected chi connectivity index (χ0v) is 16.8. The van der Waals surface area contributed by atoms with Crippen LogP contribution in [-0.4, -0.2) is 63.1 Å². The van der Waals surface area contributed by atoms with Gasteiger partial charge < -0.3 is 9.64 Å². The highest BCUT2D eigenvalue weighted by Crippen LogP contribution is 2.55. The molecule has 1 spiro atoms. The van der Waals surface area contributed by atoms with Crippen LogP contribution < -0.4 is 0 Å². The monoisotopic (exact) mass is 378 g/mol. The molecule has 4 atom stereocenters. The van der Waals surface area contributed by atoms with E-state index in [4.69, 9.17) is 4.74 Å². The Kier molecular flexibility index (Phi) is 4.66. The number of sulfonamides is 1. The Morgan fingerprint density at radius 2 is 2.00 bits per heavy atom. The second-order valence-electron chi connectivity index (χ2n) is 8.48. The van der Waals surface area contributed by atoms with Crippen molar-refractivity contribution in [1.29, 1.82) is 0 Å². The molecule has 3 heterocycles. The summed E-state index contributed by atoms with van der Waals surface area (Å²) in [6.07, 6.45) is 4.41. The van der Waals surface area contributed by atoms with Gasteiger partial charge in [-0.05, 0) is 51.1 Å². The molecular weight excluding hydrogens is 348 g/mol. The largest absolute Gasteiger partial charge is 0.370 e. The highest BCUT2D eigenvalue weighted by atomic mass is 32.2. The van der Waals surface area contributed by atoms with Crippen molar-refractivity contribution >= 4 is 10.0 Å². The molecule has 2 bridgehead atoms. The van der Waals surface area contributed by atoms with Gasteiger partial charge in [0, 0.05) is 31.5 Å². The van der Waals surface area contributed by atoms with E-state index < -0.39 is 10.0 Å². The van der Waals surface area contributed by atoms with E-state index in [1.807, 2.05) is 12.1 Å². The first-order chi connectivity index (χ1) is 12.4. The fraction of sp³-hybridized carbons (Fsp3) is 0.700. The summed E-state index contributed by atoms with van der Waals surface area (Å²) in [5.74, 6) is 0.753. The quantitative estimate of drug-likeness (QED) is 0.763. The molecule has 0 amide bonds. The molecule has 0 aromatic heterocycles. The third kappa shape index (κ3) is 2.91. The Labute approximate surface area is 157 Å². The van der Waals surface area contributed by atoms with Crippen molar-refractivity contribution in [3.05, 3.63) is 29.8 Å². The highest BCUT2D eigenvalue weighted by Gasteiger charge is 2.64. The van der Waals surface area contributed by atoms with Crippen LogP contribution in [0.4, 0.5) is 0 Å². The Hall–Kier alpha value is -0.950. The van der Waals surface area contributed by atoms with Gasteiger partial charge in [0.15, 0.2) is 0 Å². The standard InChI is InChI=1S/C20H30N2O3S/c1-4-5-15-6-8-16(9-7-15)26(23,24)22-13-18-17(12-21(2)3)19-10-11-20(18,14-22)25-19/h6-9,17-19H,4-5,10-14H2,1-3H3/t17-,18+,19+,20+/m0/s1. The van der Waals surface area contributed by atoms with E-state index in [0.717, 1.165) is 32.2 Å². The van der Waals surface area contributed by atoms with Crippen molar-refractivity contribution in [2.45, 2.75) is 49.2 Å². The first kappa shape index (κ1) is 18.4. The summed E-state index contributed by atoms with van der Waals surface area (Å²) in [5, 5.41) is 0. The Morgan fingerprint density at radius 1 is 1.27 bits per heavy atom. The molecule has 3 fully saturated rings. The van der Waals surface area contributed by atoms with E-state index in [0.29, 0.717) is 35.9 Å². The number of hydrogen-bond acceptors (Lipinski definition) is 4. The maximum atomic E-state index is 13.2. The van der Waals surface area contributed by atoms with E-state index >= 15 is 0 Å². The summed E-state index contributed by atoms with van der Waals surface area (Å²) in [7, 11) is 0.712. The average molecular weight is 379 g/mol. The second kappa shape index (κ2) is 6.59. The van der Waals surface area contributed by atoms with E-state index in [9.17, 15) is 8.42 Å². The number of ether oxygens (including phenoxy) is 1. The van der Waals surface area contributed by atoms with Gasteiger partial charge >= 0.3 is 0 Å². The van der Waals surface area contributed by atoms with Crippen LogP contribution in [0.2, 0.25) is 0 Å². The second-order valence-corrected chi connectivity index (χ2v) is 10.4. The summed E-state index contributed by atoms with van der Waals surface area (Å²) in [6.45, 7) is 4.20. The Morgan fingerprint density at radius 3 is 2.65 bits per heavy atom. The van der Waals surface area contributed by atoms with E-state index in [2.05, 4.69) is 25.9 Å². The minimum absolute atomic E-state index is 0.249. The lowest BCUT2D eigenvalue weighted by Gasteiger charge is -2.31. The highest BCUT2D eigenvalue weighted by molar-refractivity contribution is 7.89. The number of rotatable bonds is 6. The van der Waals surface area contributed by atoms with Gasteiger partial charge in [0.25, 0.3) is 0 Å². The average Bonchev–Trinajstić information content (AvgIpc) is 3.25. The SMILES string of the molecule is CCCc1ccc(S(=O)(=O)N2C[C@@H]3[C@H](CN(C)C)[C@H]4CC[C@]3(C2)O4)cc1. The van der Waals surface area contributed by atoms with Gasteiger partial charge in [-0.3, -0.25) is 0 Å². The van der Waals surface area contributed by atoms with Crippen LogP contribution in [0.15, 0.2) is 29.2 Å². The van der Waals surface area contributed by atoms with Crippen molar-refractivity contribution in [3.63, 3.8) is 0 Å². The molecule has 1 aromatic carbocycles. The van der Waals surface area contributed by atoms with Crippen molar-refractivity contribution in [2.75, 3.05) is 33.7 Å². The predicted octanol–water partition coefficient (Wildman–Crippen LogP) is 2.37. The lowest BCUT2D eigenvalue weighted by atomic mass is 9.73. The van der Waals surface area contributed by atoms with Gasteiger partial charge in [-0.25, -0.2) is 8.42 Å². The fourth-order valence-corrected chi connectivity index (χ4v) is 6.79. The van der Waals surface area contributed by atoms with E-state index in [1.54, 1.807) is 16.4 Å². The molecule has 0 aliphatic carbocycles. The predicted molar refractivity (Wildman–Crippen MR) is 102 cm³/mol. The molecule has 3 aliphatic rings. The van der Waals surface area contributed by atoms with Crippen molar-refractivity contribution in [3.8, 4) is 0 Å². The van der Waals surface area contributed by atoms with Crippen molar-refractivity contribution in [2.24, 2.45) is 11.8 Å². The molecule has 0 radical (unpaired) electrons. The molecule has 0 saturated carbocycles. The van der Waals surface area contributed by atoms with Gasteiger partial charge in [0.05, 0.1) is 16.6 Å².